The van der Waals surface area contributed by atoms with Gasteiger partial charge in [0, 0.05) is 0 Å². The molecule has 10 heteroatoms. The number of tetrazole rings is 1. The van der Waals surface area contributed by atoms with Crippen LogP contribution >= 0.6 is 17.9 Å². The van der Waals surface area contributed by atoms with Crippen molar-refractivity contribution in [3.05, 3.63) is 89.2 Å². The molecule has 0 atom stereocenters. The second-order valence-corrected chi connectivity index (χ2v) is 12.8. The molecule has 1 aromatic heterocycles. The molecule has 0 saturated heterocycles. The van der Waals surface area contributed by atoms with E-state index in [9.17, 15) is 0 Å². The molecule has 0 unspecified atom stereocenters. The van der Waals surface area contributed by atoms with Gasteiger partial charge in [-0.2, -0.15) is 0 Å². The minimum absolute atomic E-state index is 0.0347. The molecule has 0 amide bonds. The van der Waals surface area contributed by atoms with Crippen LogP contribution in [0.5, 0.6) is 0 Å². The van der Waals surface area contributed by atoms with Gasteiger partial charge in [-0.15, -0.1) is 0 Å². The summed E-state index contributed by atoms with van der Waals surface area (Å²) >= 11 is 8.69. The number of aromatic nitrogens is 4. The van der Waals surface area contributed by atoms with Gasteiger partial charge in [0.2, 0.25) is 0 Å². The van der Waals surface area contributed by atoms with Gasteiger partial charge in [-0.3, -0.25) is 0 Å². The average Bonchev–Trinajstić information content (AvgIpc) is 3.21. The van der Waals surface area contributed by atoms with Gasteiger partial charge >= 0.3 is 186 Å². The molecule has 4 rings (SSSR count). The van der Waals surface area contributed by atoms with Crippen LogP contribution in [0.3, 0.4) is 0 Å². The monoisotopic (exact) mass is 503 g/mol. The number of aromatic amines is 1. The number of H-pyrrole nitrogens is 1. The molecule has 0 bridgehead atoms. The van der Waals surface area contributed by atoms with Crippen molar-refractivity contribution in [3.8, 4) is 5.69 Å². The van der Waals surface area contributed by atoms with Gasteiger partial charge in [-0.25, -0.2) is 0 Å². The maximum absolute atomic E-state index is 9.00. The fourth-order valence-electron chi connectivity index (χ4n) is 3.13. The Morgan fingerprint density at radius 1 is 1.03 bits per heavy atom. The van der Waals surface area contributed by atoms with E-state index in [4.69, 9.17) is 17.5 Å². The molecule has 0 saturated carbocycles. The Hall–Kier alpha value is -2.38. The summed E-state index contributed by atoms with van der Waals surface area (Å²) in [7, 11) is 0. The fourth-order valence-corrected chi connectivity index (χ4v) is 7.74. The summed E-state index contributed by atoms with van der Waals surface area (Å²) in [5, 5.41) is 25.4. The number of hydrogen-bond acceptors (Lipinski definition) is 6. The van der Waals surface area contributed by atoms with Crippen molar-refractivity contribution in [2.24, 2.45) is 0 Å². The Balaban J connectivity index is 1.84. The van der Waals surface area contributed by atoms with Gasteiger partial charge in [0.05, 0.1) is 0 Å². The Morgan fingerprint density at radius 3 is 2.20 bits per heavy atom. The molecular formula is C20H18N5O2PSSe. The van der Waals surface area contributed by atoms with Crippen LogP contribution in [0.2, 0.25) is 0 Å². The predicted octanol–water partition coefficient (Wildman–Crippen LogP) is 3.39. The molecule has 3 N–H and O–H groups in total. The topological polar surface area (TPSA) is 88.0 Å². The molecule has 3 aromatic carbocycles. The van der Waals surface area contributed by atoms with E-state index in [1.165, 1.54) is 10.6 Å². The molecule has 30 heavy (non-hydrogen) atoms. The van der Waals surface area contributed by atoms with Crippen molar-refractivity contribution in [1.82, 2.24) is 20.2 Å². The number of anilines is 1. The fraction of sp³-hybridized carbons (Fsp3) is 0.0500. The van der Waals surface area contributed by atoms with Crippen LogP contribution < -0.4 is 15.7 Å². The molecule has 0 aliphatic rings. The Labute approximate surface area is 185 Å². The van der Waals surface area contributed by atoms with E-state index < -0.39 is 5.66 Å². The van der Waals surface area contributed by atoms with Crippen molar-refractivity contribution in [2.45, 2.75) is 6.61 Å². The van der Waals surface area contributed by atoms with Crippen molar-refractivity contribution < 1.29 is 10.1 Å². The molecule has 0 fully saturated rings. The molecule has 0 aliphatic heterocycles. The van der Waals surface area contributed by atoms with Gasteiger partial charge in [0.1, 0.15) is 0 Å². The number of rotatable bonds is 7. The SMILES string of the molecule is OOCc1cc(NP(=[Se])(c2ccccc2)c2ccccc2)cc(-n2[nH]nnc2=S)c1. The number of nitrogens with one attached hydrogen (secondary N) is 2. The number of benzene rings is 3. The first-order valence-electron chi connectivity index (χ1n) is 9.00. The van der Waals surface area contributed by atoms with E-state index in [2.05, 4.69) is 64.9 Å². The number of nitrogens with zero attached hydrogens (tertiary/aromatic N) is 3. The first-order valence-corrected chi connectivity index (χ1v) is 13.4. The summed E-state index contributed by atoms with van der Waals surface area (Å²) in [5.41, 5.74) is 0.242. The van der Waals surface area contributed by atoms with E-state index in [0.29, 0.717) is 4.77 Å². The predicted molar refractivity (Wildman–Crippen MR) is 122 cm³/mol. The summed E-state index contributed by atoms with van der Waals surface area (Å²) < 4.78 is 1.89. The standard InChI is InChI=1S/C20H18N5O2PSSe/c26-27-14-15-11-16(13-17(12-15)25-20(29)21-23-24-25)22-28(30,18-7-3-1-4-8-18)19-9-5-2-6-10-19/h1-13,26H,14H2,(H,22,30)(H,21,24,29). The van der Waals surface area contributed by atoms with Crippen molar-refractivity contribution in [1.29, 1.82) is 0 Å². The number of hydrogen-bond donors (Lipinski definition) is 3. The van der Waals surface area contributed by atoms with Gasteiger partial charge < -0.3 is 0 Å². The van der Waals surface area contributed by atoms with Crippen LogP contribution in [0.15, 0.2) is 78.9 Å². The molecule has 1 heterocycles. The van der Waals surface area contributed by atoms with E-state index in [1.54, 1.807) is 4.68 Å². The van der Waals surface area contributed by atoms with Crippen molar-refractivity contribution in [2.75, 3.05) is 5.09 Å². The quantitative estimate of drug-likeness (QED) is 0.118. The van der Waals surface area contributed by atoms with Crippen LogP contribution in [0.1, 0.15) is 5.56 Å². The zero-order chi connectivity index (χ0) is 21.0. The summed E-state index contributed by atoms with van der Waals surface area (Å²) in [6.07, 6.45) is 0. The second kappa shape index (κ2) is 9.18. The van der Waals surface area contributed by atoms with Crippen LogP contribution in [0, 0.1) is 4.77 Å². The summed E-state index contributed by atoms with van der Waals surface area (Å²) in [6, 6.07) is 26.3. The average molecular weight is 502 g/mol. The summed E-state index contributed by atoms with van der Waals surface area (Å²) in [6.45, 7) is 0.0347. The maximum atomic E-state index is 9.00. The van der Waals surface area contributed by atoms with E-state index in [1.807, 2.05) is 54.6 Å². The summed E-state index contributed by atoms with van der Waals surface area (Å²) in [5.74, 6) is 0. The molecule has 0 aliphatic carbocycles. The zero-order valence-corrected chi connectivity index (χ0v) is 19.1. The van der Waals surface area contributed by atoms with E-state index in [-0.39, 0.29) is 6.61 Å². The normalized spacial score (nSPS) is 11.4. The minimum atomic E-state index is -2.10. The Bertz CT molecular complexity index is 1200. The third kappa shape index (κ3) is 4.37. The van der Waals surface area contributed by atoms with Gasteiger partial charge in [-0.1, -0.05) is 0 Å². The van der Waals surface area contributed by atoms with Gasteiger partial charge in [0.15, 0.2) is 0 Å². The molecule has 152 valence electrons. The zero-order valence-electron chi connectivity index (χ0n) is 15.7. The van der Waals surface area contributed by atoms with Crippen molar-refractivity contribution >= 4 is 49.3 Å². The molecule has 0 spiro atoms. The third-order valence-electron chi connectivity index (χ3n) is 4.46. The molecular weight excluding hydrogens is 484 g/mol. The van der Waals surface area contributed by atoms with E-state index in [0.717, 1.165) is 16.9 Å². The molecule has 0 radical (unpaired) electrons. The first-order chi connectivity index (χ1) is 14.6. The molecule has 7 nitrogen and oxygen atoms in total. The Kier molecular flexibility index (Phi) is 6.39. The van der Waals surface area contributed by atoms with Crippen LogP contribution in [-0.2, 0) is 11.5 Å². The Morgan fingerprint density at radius 2 is 1.67 bits per heavy atom. The summed E-state index contributed by atoms with van der Waals surface area (Å²) in [4.78, 5) is 4.38. The van der Waals surface area contributed by atoms with Crippen molar-refractivity contribution in [3.63, 3.8) is 0 Å². The van der Waals surface area contributed by atoms with Crippen LogP contribution in [-0.4, -0.2) is 40.6 Å². The van der Waals surface area contributed by atoms with E-state index >= 15 is 0 Å². The second-order valence-electron chi connectivity index (χ2n) is 6.47. The van der Waals surface area contributed by atoms with Crippen LogP contribution in [0.4, 0.5) is 5.69 Å². The van der Waals surface area contributed by atoms with Gasteiger partial charge in [-0.05, 0) is 0 Å². The first kappa shape index (κ1) is 20.9. The van der Waals surface area contributed by atoms with Gasteiger partial charge in [0.25, 0.3) is 0 Å². The van der Waals surface area contributed by atoms with Crippen LogP contribution in [0.25, 0.3) is 5.69 Å². The molecule has 4 aromatic rings. The third-order valence-corrected chi connectivity index (χ3v) is 10.6.